The van der Waals surface area contributed by atoms with Crippen molar-refractivity contribution < 1.29 is 24.2 Å². The van der Waals surface area contributed by atoms with Crippen LogP contribution in [0.15, 0.2) is 47.4 Å². The molecule has 1 amide bonds. The zero-order valence-electron chi connectivity index (χ0n) is 17.6. The summed E-state index contributed by atoms with van der Waals surface area (Å²) in [6, 6.07) is 9.80. The average Bonchev–Trinajstić information content (AvgIpc) is 3.48. The third-order valence-electron chi connectivity index (χ3n) is 5.03. The highest BCUT2D eigenvalue weighted by atomic mass is 32.1. The molecule has 1 aliphatic rings. The Morgan fingerprint density at radius 2 is 1.91 bits per heavy atom. The van der Waals surface area contributed by atoms with E-state index < -0.39 is 23.7 Å². The predicted octanol–water partition coefficient (Wildman–Crippen LogP) is 4.62. The Hall–Kier alpha value is -3.30. The van der Waals surface area contributed by atoms with Crippen LogP contribution in [0, 0.1) is 13.8 Å². The van der Waals surface area contributed by atoms with Crippen molar-refractivity contribution in [3.63, 3.8) is 0 Å². The largest absolute Gasteiger partial charge is 0.507 e. The quantitative estimate of drug-likeness (QED) is 0.254. The van der Waals surface area contributed by atoms with E-state index >= 15 is 0 Å². The summed E-state index contributed by atoms with van der Waals surface area (Å²) in [7, 11) is 0. The zero-order valence-corrected chi connectivity index (χ0v) is 19.3. The van der Waals surface area contributed by atoms with Crippen LogP contribution in [-0.4, -0.2) is 34.4 Å². The lowest BCUT2D eigenvalue weighted by molar-refractivity contribution is -0.132. The van der Waals surface area contributed by atoms with Crippen LogP contribution in [0.3, 0.4) is 0 Å². The zero-order chi connectivity index (χ0) is 23.0. The van der Waals surface area contributed by atoms with E-state index in [1.54, 1.807) is 32.0 Å². The van der Waals surface area contributed by atoms with E-state index in [0.717, 1.165) is 16.9 Å². The number of aliphatic hydroxyl groups excluding tert-OH is 1. The number of hydrogen-bond donors (Lipinski definition) is 1. The maximum Gasteiger partial charge on any atom is 0.350 e. The molecule has 3 aromatic rings. The molecule has 0 aliphatic carbocycles. The van der Waals surface area contributed by atoms with Crippen molar-refractivity contribution in [3.05, 3.63) is 73.9 Å². The normalized spacial score (nSPS) is 17.7. The van der Waals surface area contributed by atoms with Crippen LogP contribution < -0.4 is 4.90 Å². The van der Waals surface area contributed by atoms with Crippen molar-refractivity contribution in [3.8, 4) is 0 Å². The number of Topliss-reactive ketones (excluding diaryl/α,β-unsaturated/α-hetero) is 1. The van der Waals surface area contributed by atoms with Crippen molar-refractivity contribution >= 4 is 51.2 Å². The van der Waals surface area contributed by atoms with Crippen LogP contribution in [0.4, 0.5) is 5.13 Å². The number of ketones is 1. The fraction of sp³-hybridized carbons (Fsp3) is 0.217. The lowest BCUT2D eigenvalue weighted by Gasteiger charge is -2.21. The van der Waals surface area contributed by atoms with E-state index in [1.165, 1.54) is 16.2 Å². The first-order chi connectivity index (χ1) is 15.3. The molecule has 0 radical (unpaired) electrons. The Morgan fingerprint density at radius 3 is 2.53 bits per heavy atom. The molecule has 1 atom stereocenters. The molecule has 7 nitrogen and oxygen atoms in total. The summed E-state index contributed by atoms with van der Waals surface area (Å²) in [4.78, 5) is 45.1. The van der Waals surface area contributed by atoms with Gasteiger partial charge in [0.15, 0.2) is 5.13 Å². The molecule has 1 fully saturated rings. The first-order valence-electron chi connectivity index (χ1n) is 9.89. The second-order valence-corrected chi connectivity index (χ2v) is 9.14. The Labute approximate surface area is 192 Å². The van der Waals surface area contributed by atoms with E-state index in [2.05, 4.69) is 4.98 Å². The van der Waals surface area contributed by atoms with Gasteiger partial charge < -0.3 is 9.84 Å². The molecular weight excluding hydrogens is 448 g/mol. The number of ether oxygens (including phenoxy) is 1. The van der Waals surface area contributed by atoms with Gasteiger partial charge in [-0.2, -0.15) is 0 Å². The number of anilines is 1. The van der Waals surface area contributed by atoms with Gasteiger partial charge in [0, 0.05) is 10.4 Å². The van der Waals surface area contributed by atoms with Crippen molar-refractivity contribution in [1.82, 2.24) is 4.98 Å². The summed E-state index contributed by atoms with van der Waals surface area (Å²) in [6.07, 6.45) is 0. The number of carbonyl (C=O) groups is 3. The summed E-state index contributed by atoms with van der Waals surface area (Å²) in [6.45, 7) is 5.48. The molecule has 9 heteroatoms. The van der Waals surface area contributed by atoms with Gasteiger partial charge >= 0.3 is 11.9 Å². The predicted molar refractivity (Wildman–Crippen MR) is 123 cm³/mol. The molecule has 164 valence electrons. The van der Waals surface area contributed by atoms with Gasteiger partial charge in [-0.15, -0.1) is 11.3 Å². The van der Waals surface area contributed by atoms with E-state index in [-0.39, 0.29) is 27.9 Å². The third kappa shape index (κ3) is 3.74. The van der Waals surface area contributed by atoms with E-state index in [4.69, 9.17) is 4.74 Å². The molecule has 1 unspecified atom stereocenters. The number of nitrogens with zero attached hydrogens (tertiary/aromatic N) is 2. The summed E-state index contributed by atoms with van der Waals surface area (Å²) in [5.74, 6) is -2.38. The number of thiazole rings is 1. The van der Waals surface area contributed by atoms with Crippen LogP contribution in [0.5, 0.6) is 0 Å². The van der Waals surface area contributed by atoms with E-state index in [0.29, 0.717) is 16.1 Å². The Balaban J connectivity index is 1.87. The molecule has 0 saturated carbocycles. The summed E-state index contributed by atoms with van der Waals surface area (Å²) in [5, 5.41) is 13.1. The number of thiophene rings is 1. The second-order valence-electron chi connectivity index (χ2n) is 7.18. The minimum absolute atomic E-state index is 0.00755. The SMILES string of the molecule is CCOC(=O)c1sc(N2C(=O)C(=O)/C(=C(/O)c3ccc(C)cc3)C2c2cccs2)nc1C. The molecule has 3 heterocycles. The molecule has 32 heavy (non-hydrogen) atoms. The lowest BCUT2D eigenvalue weighted by Crippen LogP contribution is -2.29. The molecule has 1 saturated heterocycles. The number of esters is 1. The van der Waals surface area contributed by atoms with Crippen LogP contribution in [0.25, 0.3) is 5.76 Å². The van der Waals surface area contributed by atoms with Gasteiger partial charge in [0.1, 0.15) is 16.7 Å². The van der Waals surface area contributed by atoms with Gasteiger partial charge in [0.25, 0.3) is 5.78 Å². The Bertz CT molecular complexity index is 1230. The van der Waals surface area contributed by atoms with Crippen LogP contribution in [-0.2, 0) is 14.3 Å². The smallest absolute Gasteiger partial charge is 0.350 e. The second kappa shape index (κ2) is 8.68. The van der Waals surface area contributed by atoms with Crippen LogP contribution in [0.1, 0.15) is 44.3 Å². The topological polar surface area (TPSA) is 96.8 Å². The monoisotopic (exact) mass is 468 g/mol. The van der Waals surface area contributed by atoms with Crippen LogP contribution >= 0.6 is 22.7 Å². The minimum atomic E-state index is -0.850. The molecule has 4 rings (SSSR count). The van der Waals surface area contributed by atoms with Gasteiger partial charge in [-0.05, 0) is 32.2 Å². The van der Waals surface area contributed by atoms with Crippen molar-refractivity contribution in [2.75, 3.05) is 11.5 Å². The number of carbonyl (C=O) groups excluding carboxylic acids is 3. The van der Waals surface area contributed by atoms with Gasteiger partial charge in [-0.25, -0.2) is 9.78 Å². The fourth-order valence-corrected chi connectivity index (χ4v) is 5.30. The lowest BCUT2D eigenvalue weighted by atomic mass is 9.99. The number of aryl methyl sites for hydroxylation is 2. The number of hydrogen-bond acceptors (Lipinski definition) is 8. The molecule has 1 N–H and O–H groups in total. The van der Waals surface area contributed by atoms with Gasteiger partial charge in [-0.1, -0.05) is 47.2 Å². The molecule has 1 aliphatic heterocycles. The average molecular weight is 469 g/mol. The molecule has 2 aromatic heterocycles. The summed E-state index contributed by atoms with van der Waals surface area (Å²) >= 11 is 2.35. The number of aromatic nitrogens is 1. The number of aliphatic hydroxyl groups is 1. The highest BCUT2D eigenvalue weighted by Gasteiger charge is 2.48. The van der Waals surface area contributed by atoms with Gasteiger partial charge in [0.05, 0.1) is 17.9 Å². The number of rotatable bonds is 5. The molecule has 0 spiro atoms. The van der Waals surface area contributed by atoms with Gasteiger partial charge in [-0.3, -0.25) is 14.5 Å². The maximum absolute atomic E-state index is 13.1. The van der Waals surface area contributed by atoms with E-state index in [9.17, 15) is 19.5 Å². The Kier molecular flexibility index (Phi) is 5.94. The van der Waals surface area contributed by atoms with Crippen molar-refractivity contribution in [2.24, 2.45) is 0 Å². The first kappa shape index (κ1) is 21.9. The van der Waals surface area contributed by atoms with E-state index in [1.807, 2.05) is 30.5 Å². The molecular formula is C23H20N2O5S2. The molecule has 0 bridgehead atoms. The Morgan fingerprint density at radius 1 is 1.19 bits per heavy atom. The van der Waals surface area contributed by atoms with Crippen molar-refractivity contribution in [1.29, 1.82) is 0 Å². The minimum Gasteiger partial charge on any atom is -0.507 e. The van der Waals surface area contributed by atoms with Gasteiger partial charge in [0.2, 0.25) is 0 Å². The highest BCUT2D eigenvalue weighted by molar-refractivity contribution is 7.18. The highest BCUT2D eigenvalue weighted by Crippen LogP contribution is 2.45. The van der Waals surface area contributed by atoms with Crippen LogP contribution in [0.2, 0.25) is 0 Å². The van der Waals surface area contributed by atoms with Crippen molar-refractivity contribution in [2.45, 2.75) is 26.8 Å². The summed E-state index contributed by atoms with van der Waals surface area (Å²) in [5.41, 5.74) is 1.85. The molecule has 1 aromatic carbocycles. The standard InChI is InChI=1S/C23H20N2O5S2/c1-4-30-22(29)20-13(3)24-23(32-20)25-17(15-6-5-11-31-15)16(19(27)21(25)28)18(26)14-9-7-12(2)8-10-14/h5-11,17,26H,4H2,1-3H3/b18-16+. The fourth-order valence-electron chi connectivity index (χ4n) is 3.48. The maximum atomic E-state index is 13.1. The number of amides is 1. The first-order valence-corrected chi connectivity index (χ1v) is 11.6. The number of benzene rings is 1. The summed E-state index contributed by atoms with van der Waals surface area (Å²) < 4.78 is 5.07. The third-order valence-corrected chi connectivity index (χ3v) is 7.10.